The Labute approximate surface area is 84.1 Å². The Kier molecular flexibility index (Phi) is 2.44. The molecule has 0 aromatic heterocycles. The van der Waals surface area contributed by atoms with E-state index >= 15 is 0 Å². The molecule has 14 heavy (non-hydrogen) atoms. The number of anilines is 1. The molecule has 1 atom stereocenters. The summed E-state index contributed by atoms with van der Waals surface area (Å²) in [6.07, 6.45) is 0. The normalized spacial score (nSPS) is 18.1. The number of rotatable bonds is 2. The molecule has 0 bridgehead atoms. The van der Waals surface area contributed by atoms with Crippen molar-refractivity contribution in [1.82, 2.24) is 4.90 Å². The Hall–Kier alpha value is -1.06. The highest BCUT2D eigenvalue weighted by Gasteiger charge is 2.23. The van der Waals surface area contributed by atoms with E-state index in [0.717, 1.165) is 18.8 Å². The largest absolute Gasteiger partial charge is 0.398 e. The topological polar surface area (TPSA) is 49.5 Å². The molecular weight excluding hydrogens is 176 g/mol. The zero-order valence-electron chi connectivity index (χ0n) is 8.40. The van der Waals surface area contributed by atoms with E-state index in [0.29, 0.717) is 0 Å². The first-order valence-corrected chi connectivity index (χ1v) is 4.93. The third-order valence-corrected chi connectivity index (χ3v) is 2.93. The molecule has 3 nitrogen and oxygen atoms in total. The fraction of sp³-hybridized carbons (Fsp3) is 0.455. The van der Waals surface area contributed by atoms with Gasteiger partial charge in [-0.2, -0.15) is 0 Å². The average molecular weight is 192 g/mol. The van der Waals surface area contributed by atoms with E-state index in [9.17, 15) is 0 Å². The lowest BCUT2D eigenvalue weighted by Gasteiger charge is -2.21. The summed E-state index contributed by atoms with van der Waals surface area (Å²) in [6.45, 7) is 4.00. The molecular formula is C11H16N2O. The number of benzene rings is 1. The highest BCUT2D eigenvalue weighted by molar-refractivity contribution is 5.52. The van der Waals surface area contributed by atoms with Crippen molar-refractivity contribution in [1.29, 1.82) is 0 Å². The van der Waals surface area contributed by atoms with E-state index in [4.69, 9.17) is 10.8 Å². The van der Waals surface area contributed by atoms with Crippen LogP contribution < -0.4 is 5.73 Å². The first-order valence-electron chi connectivity index (χ1n) is 4.93. The lowest BCUT2D eigenvalue weighted by atomic mass is 10.1. The fourth-order valence-electron chi connectivity index (χ4n) is 1.90. The number of hydrogen-bond acceptors (Lipinski definition) is 3. The number of nitrogen functional groups attached to an aromatic ring is 1. The van der Waals surface area contributed by atoms with Crippen molar-refractivity contribution in [3.63, 3.8) is 0 Å². The Bertz CT molecular complexity index is 338. The highest BCUT2D eigenvalue weighted by atomic mass is 16.3. The maximum Gasteiger partial charge on any atom is 0.0584 e. The maximum absolute atomic E-state index is 9.07. The van der Waals surface area contributed by atoms with E-state index in [1.54, 1.807) is 0 Å². The fourth-order valence-corrected chi connectivity index (χ4v) is 1.90. The summed E-state index contributed by atoms with van der Waals surface area (Å²) in [6, 6.07) is 6.24. The SMILES string of the molecule is C[C@H](CO)N1Cc2cccc(N)c2C1. The van der Waals surface area contributed by atoms with Crippen molar-refractivity contribution in [2.45, 2.75) is 26.1 Å². The van der Waals surface area contributed by atoms with Crippen LogP contribution in [-0.4, -0.2) is 22.7 Å². The summed E-state index contributed by atoms with van der Waals surface area (Å²) >= 11 is 0. The van der Waals surface area contributed by atoms with Gasteiger partial charge in [-0.3, -0.25) is 4.90 Å². The molecule has 2 rings (SSSR count). The number of aliphatic hydroxyl groups excluding tert-OH is 1. The third-order valence-electron chi connectivity index (χ3n) is 2.93. The summed E-state index contributed by atoms with van der Waals surface area (Å²) in [4.78, 5) is 2.24. The first kappa shape index (κ1) is 9.49. The zero-order chi connectivity index (χ0) is 10.1. The van der Waals surface area contributed by atoms with Gasteiger partial charge in [0.15, 0.2) is 0 Å². The molecule has 0 aliphatic carbocycles. The van der Waals surface area contributed by atoms with Gasteiger partial charge in [-0.15, -0.1) is 0 Å². The lowest BCUT2D eigenvalue weighted by molar-refractivity contribution is 0.134. The van der Waals surface area contributed by atoms with Crippen molar-refractivity contribution in [2.24, 2.45) is 0 Å². The minimum absolute atomic E-state index is 0.202. The van der Waals surface area contributed by atoms with Crippen LogP contribution >= 0.6 is 0 Å². The number of fused-ring (bicyclic) bond motifs is 1. The van der Waals surface area contributed by atoms with Crippen molar-refractivity contribution >= 4 is 5.69 Å². The summed E-state index contributed by atoms with van der Waals surface area (Å²) in [5.41, 5.74) is 9.28. The predicted octanol–water partition coefficient (Wildman–Crippen LogP) is 0.965. The monoisotopic (exact) mass is 192 g/mol. The lowest BCUT2D eigenvalue weighted by Crippen LogP contribution is -2.30. The number of nitrogens with zero attached hydrogens (tertiary/aromatic N) is 1. The van der Waals surface area contributed by atoms with Crippen LogP contribution in [0.4, 0.5) is 5.69 Å². The quantitative estimate of drug-likeness (QED) is 0.686. The highest BCUT2D eigenvalue weighted by Crippen LogP contribution is 2.28. The average Bonchev–Trinajstić information content (AvgIpc) is 2.62. The molecule has 76 valence electrons. The van der Waals surface area contributed by atoms with Crippen LogP contribution in [0.3, 0.4) is 0 Å². The van der Waals surface area contributed by atoms with Crippen LogP contribution in [0.5, 0.6) is 0 Å². The maximum atomic E-state index is 9.07. The van der Waals surface area contributed by atoms with Gasteiger partial charge in [-0.1, -0.05) is 12.1 Å². The van der Waals surface area contributed by atoms with E-state index < -0.39 is 0 Å². The van der Waals surface area contributed by atoms with Crippen LogP contribution in [0.1, 0.15) is 18.1 Å². The van der Waals surface area contributed by atoms with Gasteiger partial charge in [-0.05, 0) is 24.1 Å². The number of aliphatic hydroxyl groups is 1. The third kappa shape index (κ3) is 1.49. The molecule has 1 aromatic rings. The van der Waals surface area contributed by atoms with Crippen LogP contribution in [0.25, 0.3) is 0 Å². The molecule has 0 amide bonds. The minimum Gasteiger partial charge on any atom is -0.398 e. The van der Waals surface area contributed by atoms with Crippen molar-refractivity contribution < 1.29 is 5.11 Å². The van der Waals surface area contributed by atoms with Gasteiger partial charge in [0.25, 0.3) is 0 Å². The zero-order valence-corrected chi connectivity index (χ0v) is 8.40. The van der Waals surface area contributed by atoms with Crippen LogP contribution in [0, 0.1) is 0 Å². The molecule has 3 heteroatoms. The molecule has 1 heterocycles. The van der Waals surface area contributed by atoms with E-state index in [2.05, 4.69) is 11.0 Å². The van der Waals surface area contributed by atoms with Gasteiger partial charge >= 0.3 is 0 Å². The summed E-state index contributed by atoms with van der Waals surface area (Å²) in [7, 11) is 0. The van der Waals surface area contributed by atoms with E-state index in [-0.39, 0.29) is 12.6 Å². The minimum atomic E-state index is 0.202. The van der Waals surface area contributed by atoms with Crippen LogP contribution in [-0.2, 0) is 13.1 Å². The predicted molar refractivity (Wildman–Crippen MR) is 56.6 cm³/mol. The summed E-state index contributed by atoms with van der Waals surface area (Å²) < 4.78 is 0. The smallest absolute Gasteiger partial charge is 0.0584 e. The van der Waals surface area contributed by atoms with Gasteiger partial charge in [0.2, 0.25) is 0 Å². The van der Waals surface area contributed by atoms with E-state index in [1.807, 2.05) is 19.1 Å². The second kappa shape index (κ2) is 3.59. The summed E-state index contributed by atoms with van der Waals surface area (Å²) in [5.74, 6) is 0. The Morgan fingerprint density at radius 2 is 2.29 bits per heavy atom. The summed E-state index contributed by atoms with van der Waals surface area (Å²) in [5, 5.41) is 9.07. The van der Waals surface area contributed by atoms with Crippen molar-refractivity contribution in [3.8, 4) is 0 Å². The number of nitrogens with two attached hydrogens (primary N) is 1. The van der Waals surface area contributed by atoms with E-state index in [1.165, 1.54) is 11.1 Å². The van der Waals surface area contributed by atoms with Crippen LogP contribution in [0.2, 0.25) is 0 Å². The Balaban J connectivity index is 2.22. The van der Waals surface area contributed by atoms with Gasteiger partial charge in [0, 0.05) is 24.8 Å². The standard InChI is InChI=1S/C11H16N2O/c1-8(7-14)13-5-9-3-2-4-11(12)10(9)6-13/h2-4,8,14H,5-7,12H2,1H3/t8-/m1/s1. The van der Waals surface area contributed by atoms with Gasteiger partial charge in [0.05, 0.1) is 6.61 Å². The van der Waals surface area contributed by atoms with Gasteiger partial charge < -0.3 is 10.8 Å². The second-order valence-corrected chi connectivity index (χ2v) is 3.92. The Morgan fingerprint density at radius 1 is 1.50 bits per heavy atom. The molecule has 0 spiro atoms. The van der Waals surface area contributed by atoms with Gasteiger partial charge in [-0.25, -0.2) is 0 Å². The molecule has 0 unspecified atom stereocenters. The molecule has 0 saturated carbocycles. The first-order chi connectivity index (χ1) is 6.72. The van der Waals surface area contributed by atoms with Crippen molar-refractivity contribution in [2.75, 3.05) is 12.3 Å². The molecule has 0 fully saturated rings. The van der Waals surface area contributed by atoms with Gasteiger partial charge in [0.1, 0.15) is 0 Å². The molecule has 1 aromatic carbocycles. The molecule has 0 saturated heterocycles. The Morgan fingerprint density at radius 3 is 2.93 bits per heavy atom. The molecule has 1 aliphatic rings. The number of hydrogen-bond donors (Lipinski definition) is 2. The molecule has 0 radical (unpaired) electrons. The second-order valence-electron chi connectivity index (χ2n) is 3.92. The molecule has 3 N–H and O–H groups in total. The van der Waals surface area contributed by atoms with Crippen LogP contribution in [0.15, 0.2) is 18.2 Å². The molecule has 1 aliphatic heterocycles. The van der Waals surface area contributed by atoms with Crippen molar-refractivity contribution in [3.05, 3.63) is 29.3 Å².